The Morgan fingerprint density at radius 3 is 2.64 bits per heavy atom. The maximum absolute atomic E-state index is 12.1. The summed E-state index contributed by atoms with van der Waals surface area (Å²) in [6, 6.07) is 3.76. The molecule has 2 aromatic rings. The highest BCUT2D eigenvalue weighted by atomic mass is 16.2. The molecule has 0 aliphatic carbocycles. The summed E-state index contributed by atoms with van der Waals surface area (Å²) in [5, 5.41) is 10.0. The van der Waals surface area contributed by atoms with E-state index in [-0.39, 0.29) is 12.1 Å². The minimum absolute atomic E-state index is 0.0932. The Balaban J connectivity index is 1.49. The van der Waals surface area contributed by atoms with Crippen LogP contribution in [0.1, 0.15) is 42.6 Å². The molecule has 2 amide bonds. The summed E-state index contributed by atoms with van der Waals surface area (Å²) in [7, 11) is 1.89. The number of rotatable bonds is 5. The monoisotopic (exact) mass is 342 g/mol. The van der Waals surface area contributed by atoms with Crippen molar-refractivity contribution in [3.05, 3.63) is 41.3 Å². The fourth-order valence-corrected chi connectivity index (χ4v) is 3.10. The van der Waals surface area contributed by atoms with Crippen LogP contribution < -0.4 is 15.5 Å². The van der Waals surface area contributed by atoms with Crippen molar-refractivity contribution >= 4 is 11.8 Å². The highest BCUT2D eigenvalue weighted by Crippen LogP contribution is 2.18. The normalized spacial score (nSPS) is 15.2. The number of amides is 2. The lowest BCUT2D eigenvalue weighted by Crippen LogP contribution is -2.36. The molecule has 1 saturated heterocycles. The summed E-state index contributed by atoms with van der Waals surface area (Å²) < 4.78 is 1.80. The van der Waals surface area contributed by atoms with E-state index in [1.54, 1.807) is 10.9 Å². The van der Waals surface area contributed by atoms with Gasteiger partial charge in [0.25, 0.3) is 0 Å². The average molecular weight is 342 g/mol. The molecule has 0 spiro atoms. The molecule has 2 aromatic heterocycles. The van der Waals surface area contributed by atoms with Crippen LogP contribution in [0.2, 0.25) is 0 Å². The second-order valence-electron chi connectivity index (χ2n) is 6.58. The molecule has 1 atom stereocenters. The molecular formula is C18H26N6O. The molecule has 1 aliphatic rings. The van der Waals surface area contributed by atoms with Gasteiger partial charge in [-0.3, -0.25) is 4.68 Å². The highest BCUT2D eigenvalue weighted by molar-refractivity contribution is 5.74. The van der Waals surface area contributed by atoms with E-state index in [9.17, 15) is 4.79 Å². The summed E-state index contributed by atoms with van der Waals surface area (Å²) in [6.07, 6.45) is 6.10. The maximum atomic E-state index is 12.1. The number of nitrogens with one attached hydrogen (secondary N) is 2. The van der Waals surface area contributed by atoms with Gasteiger partial charge in [0, 0.05) is 44.1 Å². The van der Waals surface area contributed by atoms with Crippen LogP contribution in [-0.4, -0.2) is 33.9 Å². The van der Waals surface area contributed by atoms with Crippen LogP contribution in [0.4, 0.5) is 10.6 Å². The lowest BCUT2D eigenvalue weighted by molar-refractivity contribution is 0.237. The van der Waals surface area contributed by atoms with Crippen LogP contribution in [0.25, 0.3) is 0 Å². The molecule has 0 saturated carbocycles. The van der Waals surface area contributed by atoms with Crippen LogP contribution in [0.5, 0.6) is 0 Å². The number of anilines is 1. The Morgan fingerprint density at radius 1 is 1.28 bits per heavy atom. The molecule has 25 heavy (non-hydrogen) atoms. The number of aromatic nitrogens is 3. The van der Waals surface area contributed by atoms with Crippen molar-refractivity contribution in [3.8, 4) is 0 Å². The number of carbonyl (C=O) groups is 1. The smallest absolute Gasteiger partial charge is 0.315 e. The second-order valence-corrected chi connectivity index (χ2v) is 6.58. The van der Waals surface area contributed by atoms with E-state index in [4.69, 9.17) is 0 Å². The van der Waals surface area contributed by atoms with Crippen molar-refractivity contribution in [1.29, 1.82) is 0 Å². The lowest BCUT2D eigenvalue weighted by Gasteiger charge is -2.17. The second kappa shape index (κ2) is 7.55. The van der Waals surface area contributed by atoms with E-state index in [0.717, 1.165) is 35.7 Å². The molecule has 1 aliphatic heterocycles. The number of hydrogen-bond donors (Lipinski definition) is 2. The standard InChI is InChI=1S/C18H26N6O/c1-13(16-12-21-23(3)14(16)2)22-18(25)20-11-15-6-7-17(19-10-15)24-8-4-5-9-24/h6-7,10,12-13H,4-5,8-9,11H2,1-3H3,(H2,20,22,25). The van der Waals surface area contributed by atoms with Crippen LogP contribution in [0.15, 0.2) is 24.5 Å². The summed E-state index contributed by atoms with van der Waals surface area (Å²) in [5.41, 5.74) is 3.06. The van der Waals surface area contributed by atoms with Crippen molar-refractivity contribution in [1.82, 2.24) is 25.4 Å². The minimum atomic E-state index is -0.195. The van der Waals surface area contributed by atoms with E-state index in [1.807, 2.05) is 39.2 Å². The largest absolute Gasteiger partial charge is 0.357 e. The summed E-state index contributed by atoms with van der Waals surface area (Å²) in [6.45, 7) is 6.57. The third kappa shape index (κ3) is 4.10. The zero-order valence-electron chi connectivity index (χ0n) is 15.1. The first kappa shape index (κ1) is 17.3. The minimum Gasteiger partial charge on any atom is -0.357 e. The van der Waals surface area contributed by atoms with Gasteiger partial charge in [-0.1, -0.05) is 6.07 Å². The number of aryl methyl sites for hydroxylation is 1. The van der Waals surface area contributed by atoms with Gasteiger partial charge in [-0.25, -0.2) is 9.78 Å². The molecule has 0 bridgehead atoms. The zero-order valence-corrected chi connectivity index (χ0v) is 15.1. The lowest BCUT2D eigenvalue weighted by atomic mass is 10.1. The fourth-order valence-electron chi connectivity index (χ4n) is 3.10. The van der Waals surface area contributed by atoms with Crippen LogP contribution in [0.3, 0.4) is 0 Å². The van der Waals surface area contributed by atoms with Gasteiger partial charge in [-0.05, 0) is 38.3 Å². The van der Waals surface area contributed by atoms with E-state index in [1.165, 1.54) is 12.8 Å². The number of urea groups is 1. The Bertz CT molecular complexity index is 718. The SMILES string of the molecule is Cc1c(C(C)NC(=O)NCc2ccc(N3CCCC3)nc2)cnn1C. The molecule has 1 unspecified atom stereocenters. The number of nitrogens with zero attached hydrogens (tertiary/aromatic N) is 4. The third-order valence-corrected chi connectivity index (χ3v) is 4.78. The predicted molar refractivity (Wildman–Crippen MR) is 97.4 cm³/mol. The molecule has 1 fully saturated rings. The van der Waals surface area contributed by atoms with Crippen molar-refractivity contribution in [2.24, 2.45) is 7.05 Å². The topological polar surface area (TPSA) is 75.1 Å². The van der Waals surface area contributed by atoms with E-state index < -0.39 is 0 Å². The molecule has 7 heteroatoms. The Morgan fingerprint density at radius 2 is 2.04 bits per heavy atom. The Kier molecular flexibility index (Phi) is 5.21. The molecular weight excluding hydrogens is 316 g/mol. The quantitative estimate of drug-likeness (QED) is 0.874. The van der Waals surface area contributed by atoms with Gasteiger partial charge in [-0.15, -0.1) is 0 Å². The first-order valence-corrected chi connectivity index (χ1v) is 8.77. The molecule has 3 rings (SSSR count). The van der Waals surface area contributed by atoms with Gasteiger partial charge in [0.1, 0.15) is 5.82 Å². The number of pyridine rings is 1. The van der Waals surface area contributed by atoms with Gasteiger partial charge in [-0.2, -0.15) is 5.10 Å². The molecule has 3 heterocycles. The molecule has 0 aromatic carbocycles. The highest BCUT2D eigenvalue weighted by Gasteiger charge is 2.15. The van der Waals surface area contributed by atoms with Gasteiger partial charge in [0.2, 0.25) is 0 Å². The van der Waals surface area contributed by atoms with Gasteiger partial charge in [0.05, 0.1) is 12.2 Å². The van der Waals surface area contributed by atoms with Crippen molar-refractivity contribution in [2.45, 2.75) is 39.3 Å². The Hall–Kier alpha value is -2.57. The third-order valence-electron chi connectivity index (χ3n) is 4.78. The van der Waals surface area contributed by atoms with E-state index >= 15 is 0 Å². The molecule has 2 N–H and O–H groups in total. The van der Waals surface area contributed by atoms with Crippen molar-refractivity contribution in [3.63, 3.8) is 0 Å². The van der Waals surface area contributed by atoms with Gasteiger partial charge < -0.3 is 15.5 Å². The van der Waals surface area contributed by atoms with Crippen LogP contribution in [-0.2, 0) is 13.6 Å². The molecule has 7 nitrogen and oxygen atoms in total. The van der Waals surface area contributed by atoms with E-state index in [0.29, 0.717) is 6.54 Å². The summed E-state index contributed by atoms with van der Waals surface area (Å²) >= 11 is 0. The predicted octanol–water partition coefficient (Wildman–Crippen LogP) is 2.28. The van der Waals surface area contributed by atoms with Crippen molar-refractivity contribution in [2.75, 3.05) is 18.0 Å². The maximum Gasteiger partial charge on any atom is 0.315 e. The summed E-state index contributed by atoms with van der Waals surface area (Å²) in [5.74, 6) is 1.02. The van der Waals surface area contributed by atoms with Crippen molar-refractivity contribution < 1.29 is 4.79 Å². The molecule has 134 valence electrons. The molecule has 0 radical (unpaired) electrons. The van der Waals surface area contributed by atoms with Gasteiger partial charge >= 0.3 is 6.03 Å². The van der Waals surface area contributed by atoms with Gasteiger partial charge in [0.15, 0.2) is 0 Å². The van der Waals surface area contributed by atoms with Crippen LogP contribution in [0, 0.1) is 6.92 Å². The number of hydrogen-bond acceptors (Lipinski definition) is 4. The first-order valence-electron chi connectivity index (χ1n) is 8.77. The van der Waals surface area contributed by atoms with E-state index in [2.05, 4.69) is 25.6 Å². The van der Waals surface area contributed by atoms with Crippen LogP contribution >= 0.6 is 0 Å². The number of carbonyl (C=O) groups excluding carboxylic acids is 1. The zero-order chi connectivity index (χ0) is 17.8. The Labute approximate surface area is 148 Å². The fraction of sp³-hybridized carbons (Fsp3) is 0.500. The first-order chi connectivity index (χ1) is 12.0. The average Bonchev–Trinajstić information content (AvgIpc) is 3.25. The summed E-state index contributed by atoms with van der Waals surface area (Å²) in [4.78, 5) is 18.9.